The molecule has 1 nitrogen and oxygen atoms in total. The molecule has 1 unspecified atom stereocenters. The van der Waals surface area contributed by atoms with Crippen molar-refractivity contribution in [1.29, 1.82) is 0 Å². The molecule has 0 bridgehead atoms. The van der Waals surface area contributed by atoms with E-state index in [1.165, 1.54) is 0 Å². The number of hydrogen-bond donors (Lipinski definition) is 1. The molecular weight excluding hydrogens is 194 g/mol. The summed E-state index contributed by atoms with van der Waals surface area (Å²) >= 11 is 5.94. The standard InChI is InChI=1S/C12H14ClN/c1-3-4-5-12(14)10-6-9(2)7-11(13)8-10/h6-8,12H,5,14H2,1-2H3. The Morgan fingerprint density at radius 3 is 2.71 bits per heavy atom. The van der Waals surface area contributed by atoms with E-state index in [0.29, 0.717) is 6.42 Å². The fraction of sp³-hybridized carbons (Fsp3) is 0.333. The first kappa shape index (κ1) is 11.1. The van der Waals surface area contributed by atoms with Crippen LogP contribution in [-0.2, 0) is 0 Å². The molecule has 0 heterocycles. The second-order valence-corrected chi connectivity index (χ2v) is 3.74. The van der Waals surface area contributed by atoms with E-state index in [2.05, 4.69) is 11.8 Å². The number of aryl methyl sites for hydroxylation is 1. The summed E-state index contributed by atoms with van der Waals surface area (Å²) in [5.74, 6) is 5.80. The Morgan fingerprint density at radius 2 is 2.14 bits per heavy atom. The van der Waals surface area contributed by atoms with E-state index in [9.17, 15) is 0 Å². The van der Waals surface area contributed by atoms with Gasteiger partial charge in [0.05, 0.1) is 0 Å². The average molecular weight is 208 g/mol. The van der Waals surface area contributed by atoms with Gasteiger partial charge in [-0.05, 0) is 37.1 Å². The Kier molecular flexibility index (Phi) is 4.00. The van der Waals surface area contributed by atoms with E-state index >= 15 is 0 Å². The van der Waals surface area contributed by atoms with Gasteiger partial charge in [-0.2, -0.15) is 0 Å². The van der Waals surface area contributed by atoms with Crippen LogP contribution in [0.3, 0.4) is 0 Å². The highest BCUT2D eigenvalue weighted by Crippen LogP contribution is 2.20. The number of rotatable bonds is 2. The van der Waals surface area contributed by atoms with Gasteiger partial charge in [0.2, 0.25) is 0 Å². The third-order valence-electron chi connectivity index (χ3n) is 1.99. The average Bonchev–Trinajstić information content (AvgIpc) is 2.12. The van der Waals surface area contributed by atoms with Gasteiger partial charge in [0.25, 0.3) is 0 Å². The molecule has 0 saturated carbocycles. The molecule has 2 N–H and O–H groups in total. The van der Waals surface area contributed by atoms with Crippen LogP contribution in [0.1, 0.15) is 30.5 Å². The highest BCUT2D eigenvalue weighted by molar-refractivity contribution is 6.30. The molecule has 1 atom stereocenters. The van der Waals surface area contributed by atoms with Crippen LogP contribution in [0.15, 0.2) is 18.2 Å². The van der Waals surface area contributed by atoms with Crippen LogP contribution in [0.4, 0.5) is 0 Å². The minimum atomic E-state index is -0.0418. The lowest BCUT2D eigenvalue weighted by Crippen LogP contribution is -2.09. The van der Waals surface area contributed by atoms with Gasteiger partial charge < -0.3 is 5.73 Å². The maximum atomic E-state index is 5.96. The zero-order chi connectivity index (χ0) is 10.6. The topological polar surface area (TPSA) is 26.0 Å². The second kappa shape index (κ2) is 5.05. The van der Waals surface area contributed by atoms with Gasteiger partial charge in [0.15, 0.2) is 0 Å². The molecule has 74 valence electrons. The van der Waals surface area contributed by atoms with Crippen LogP contribution < -0.4 is 5.73 Å². The van der Waals surface area contributed by atoms with Gasteiger partial charge in [-0.25, -0.2) is 0 Å². The van der Waals surface area contributed by atoms with Crippen molar-refractivity contribution in [3.8, 4) is 11.8 Å². The third-order valence-corrected chi connectivity index (χ3v) is 2.21. The van der Waals surface area contributed by atoms with Crippen molar-refractivity contribution in [3.63, 3.8) is 0 Å². The van der Waals surface area contributed by atoms with Crippen molar-refractivity contribution in [1.82, 2.24) is 0 Å². The molecular formula is C12H14ClN. The van der Waals surface area contributed by atoms with Crippen molar-refractivity contribution in [3.05, 3.63) is 34.3 Å². The maximum Gasteiger partial charge on any atom is 0.0411 e. The van der Waals surface area contributed by atoms with E-state index in [1.54, 1.807) is 0 Å². The molecule has 0 fully saturated rings. The van der Waals surface area contributed by atoms with Crippen LogP contribution >= 0.6 is 11.6 Å². The summed E-state index contributed by atoms with van der Waals surface area (Å²) in [5, 5.41) is 0.736. The number of benzene rings is 1. The van der Waals surface area contributed by atoms with Crippen LogP contribution in [0.5, 0.6) is 0 Å². The molecule has 2 heteroatoms. The maximum absolute atomic E-state index is 5.96. The number of nitrogens with two attached hydrogens (primary N) is 1. The van der Waals surface area contributed by atoms with Crippen LogP contribution in [0.25, 0.3) is 0 Å². The molecule has 0 aliphatic heterocycles. The summed E-state index contributed by atoms with van der Waals surface area (Å²) in [7, 11) is 0. The lowest BCUT2D eigenvalue weighted by Gasteiger charge is -2.09. The van der Waals surface area contributed by atoms with Gasteiger partial charge >= 0.3 is 0 Å². The summed E-state index contributed by atoms with van der Waals surface area (Å²) in [4.78, 5) is 0. The van der Waals surface area contributed by atoms with E-state index in [0.717, 1.165) is 16.1 Å². The molecule has 14 heavy (non-hydrogen) atoms. The fourth-order valence-corrected chi connectivity index (χ4v) is 1.61. The van der Waals surface area contributed by atoms with Crippen LogP contribution in [-0.4, -0.2) is 0 Å². The highest BCUT2D eigenvalue weighted by atomic mass is 35.5. The largest absolute Gasteiger partial charge is 0.323 e. The summed E-state index contributed by atoms with van der Waals surface area (Å²) < 4.78 is 0. The van der Waals surface area contributed by atoms with E-state index in [4.69, 9.17) is 17.3 Å². The Labute approximate surface area is 90.3 Å². The summed E-state index contributed by atoms with van der Waals surface area (Å²) in [5.41, 5.74) is 8.14. The smallest absolute Gasteiger partial charge is 0.0411 e. The van der Waals surface area contributed by atoms with Crippen molar-refractivity contribution in [2.45, 2.75) is 26.3 Å². The highest BCUT2D eigenvalue weighted by Gasteiger charge is 2.05. The zero-order valence-electron chi connectivity index (χ0n) is 8.47. The van der Waals surface area contributed by atoms with E-state index < -0.39 is 0 Å². The predicted octanol–water partition coefficient (Wildman–Crippen LogP) is 3.06. The van der Waals surface area contributed by atoms with Gasteiger partial charge in [0, 0.05) is 17.5 Å². The van der Waals surface area contributed by atoms with Crippen LogP contribution in [0.2, 0.25) is 5.02 Å². The second-order valence-electron chi connectivity index (χ2n) is 3.30. The van der Waals surface area contributed by atoms with Gasteiger partial charge in [-0.3, -0.25) is 0 Å². The minimum absolute atomic E-state index is 0.0418. The van der Waals surface area contributed by atoms with Gasteiger partial charge in [-0.1, -0.05) is 17.7 Å². The normalized spacial score (nSPS) is 11.7. The molecule has 0 amide bonds. The Balaban J connectivity index is 2.87. The predicted molar refractivity (Wildman–Crippen MR) is 61.2 cm³/mol. The van der Waals surface area contributed by atoms with E-state index in [1.807, 2.05) is 32.0 Å². The molecule has 1 rings (SSSR count). The SMILES string of the molecule is CC#CCC(N)c1cc(C)cc(Cl)c1. The zero-order valence-corrected chi connectivity index (χ0v) is 9.23. The first-order chi connectivity index (χ1) is 6.63. The Morgan fingerprint density at radius 1 is 1.43 bits per heavy atom. The van der Waals surface area contributed by atoms with Gasteiger partial charge in [0.1, 0.15) is 0 Å². The Bertz CT molecular complexity index is 353. The summed E-state index contributed by atoms with van der Waals surface area (Å²) in [6, 6.07) is 5.83. The molecule has 0 aliphatic rings. The molecule has 1 aromatic rings. The molecule has 0 spiro atoms. The first-order valence-electron chi connectivity index (χ1n) is 4.55. The first-order valence-corrected chi connectivity index (χ1v) is 4.93. The molecule has 0 radical (unpaired) electrons. The molecule has 0 aliphatic carbocycles. The molecule has 1 aromatic carbocycles. The van der Waals surface area contributed by atoms with Crippen molar-refractivity contribution >= 4 is 11.6 Å². The fourth-order valence-electron chi connectivity index (χ4n) is 1.31. The minimum Gasteiger partial charge on any atom is -0.323 e. The lowest BCUT2D eigenvalue weighted by molar-refractivity contribution is 0.753. The number of halogens is 1. The summed E-state index contributed by atoms with van der Waals surface area (Å²) in [6.45, 7) is 3.82. The monoisotopic (exact) mass is 207 g/mol. The van der Waals surface area contributed by atoms with E-state index in [-0.39, 0.29) is 6.04 Å². The molecule has 0 saturated heterocycles. The van der Waals surface area contributed by atoms with Gasteiger partial charge in [-0.15, -0.1) is 11.8 Å². The molecule has 0 aromatic heterocycles. The summed E-state index contributed by atoms with van der Waals surface area (Å²) in [6.07, 6.45) is 0.677. The van der Waals surface area contributed by atoms with Crippen molar-refractivity contribution in [2.75, 3.05) is 0 Å². The number of hydrogen-bond acceptors (Lipinski definition) is 1. The van der Waals surface area contributed by atoms with Crippen LogP contribution in [0, 0.1) is 18.8 Å². The van der Waals surface area contributed by atoms with Crippen molar-refractivity contribution in [2.24, 2.45) is 5.73 Å². The third kappa shape index (κ3) is 3.06. The quantitative estimate of drug-likeness (QED) is 0.742. The van der Waals surface area contributed by atoms with Crippen molar-refractivity contribution < 1.29 is 0 Å². The Hall–Kier alpha value is -0.970. The lowest BCUT2D eigenvalue weighted by atomic mass is 10.0.